The summed E-state index contributed by atoms with van der Waals surface area (Å²) in [7, 11) is -0.485. The van der Waals surface area contributed by atoms with E-state index in [0.717, 1.165) is 11.3 Å². The molecule has 0 saturated carbocycles. The summed E-state index contributed by atoms with van der Waals surface area (Å²) >= 11 is 0. The largest absolute Gasteiger partial charge is 0.491 e. The minimum absolute atomic E-state index is 0.230. The van der Waals surface area contributed by atoms with E-state index in [-0.39, 0.29) is 6.10 Å². The predicted octanol–water partition coefficient (Wildman–Crippen LogP) is 3.47. The van der Waals surface area contributed by atoms with Crippen molar-refractivity contribution in [3.63, 3.8) is 0 Å². The van der Waals surface area contributed by atoms with E-state index in [0.29, 0.717) is 0 Å². The maximum Gasteiger partial charge on any atom is 0.119 e. The molecular weight excluding hydrogens is 212 g/mol. The molecule has 0 aromatic heterocycles. The highest BCUT2D eigenvalue weighted by molar-refractivity contribution is 6.71. The third kappa shape index (κ3) is 3.24. The lowest BCUT2D eigenvalue weighted by Crippen LogP contribution is -2.26. The van der Waals surface area contributed by atoms with E-state index in [4.69, 9.17) is 4.74 Å². The quantitative estimate of drug-likeness (QED) is 0.724. The van der Waals surface area contributed by atoms with Crippen LogP contribution in [0.25, 0.3) is 5.57 Å². The van der Waals surface area contributed by atoms with Gasteiger partial charge in [-0.1, -0.05) is 36.5 Å². The molecule has 0 aliphatic carbocycles. The lowest BCUT2D eigenvalue weighted by Gasteiger charge is -2.16. The zero-order valence-electron chi connectivity index (χ0n) is 10.9. The molecule has 1 nitrogen and oxygen atoms in total. The molecular formula is C14H21OSi. The van der Waals surface area contributed by atoms with Gasteiger partial charge in [-0.15, -0.1) is 0 Å². The van der Waals surface area contributed by atoms with Gasteiger partial charge >= 0.3 is 0 Å². The van der Waals surface area contributed by atoms with Crippen molar-refractivity contribution < 1.29 is 4.74 Å². The molecule has 0 saturated heterocycles. The van der Waals surface area contributed by atoms with Crippen LogP contribution in [0, 0.1) is 0 Å². The maximum atomic E-state index is 5.73. The Bertz CT molecular complexity index is 380. The monoisotopic (exact) mass is 233 g/mol. The van der Waals surface area contributed by atoms with Crippen LogP contribution in [0.15, 0.2) is 24.8 Å². The Kier molecular flexibility index (Phi) is 4.36. The maximum absolute atomic E-state index is 5.73. The van der Waals surface area contributed by atoms with Gasteiger partial charge in [-0.25, -0.2) is 0 Å². The van der Waals surface area contributed by atoms with E-state index in [2.05, 4.69) is 52.6 Å². The summed E-state index contributed by atoms with van der Waals surface area (Å²) in [5.41, 5.74) is 2.42. The zero-order chi connectivity index (χ0) is 12.3. The number of hydrogen-bond acceptors (Lipinski definition) is 1. The summed E-state index contributed by atoms with van der Waals surface area (Å²) in [4.78, 5) is 0. The first-order chi connectivity index (χ1) is 7.41. The Morgan fingerprint density at radius 2 is 1.94 bits per heavy atom. The SMILES string of the molecule is C=C(C)c1ccc(OC(C)C)cc1[Si](C)C. The molecule has 0 bridgehead atoms. The molecule has 2 heteroatoms. The molecule has 1 aromatic carbocycles. The Morgan fingerprint density at radius 3 is 2.38 bits per heavy atom. The molecule has 16 heavy (non-hydrogen) atoms. The summed E-state index contributed by atoms with van der Waals surface area (Å²) < 4.78 is 5.73. The van der Waals surface area contributed by atoms with Crippen molar-refractivity contribution in [2.45, 2.75) is 40.0 Å². The van der Waals surface area contributed by atoms with Gasteiger partial charge < -0.3 is 4.74 Å². The average molecular weight is 233 g/mol. The van der Waals surface area contributed by atoms with Crippen LogP contribution in [0.2, 0.25) is 13.1 Å². The smallest absolute Gasteiger partial charge is 0.119 e. The summed E-state index contributed by atoms with van der Waals surface area (Å²) in [6.45, 7) is 14.8. The van der Waals surface area contributed by atoms with Crippen molar-refractivity contribution in [3.8, 4) is 5.75 Å². The number of ether oxygens (including phenoxy) is 1. The van der Waals surface area contributed by atoms with Crippen LogP contribution in [-0.4, -0.2) is 14.9 Å². The van der Waals surface area contributed by atoms with E-state index in [9.17, 15) is 0 Å². The molecule has 0 fully saturated rings. The summed E-state index contributed by atoms with van der Waals surface area (Å²) in [6.07, 6.45) is 0.230. The van der Waals surface area contributed by atoms with E-state index in [1.807, 2.05) is 6.07 Å². The topological polar surface area (TPSA) is 9.23 Å². The molecule has 1 rings (SSSR count). The van der Waals surface area contributed by atoms with E-state index >= 15 is 0 Å². The molecule has 0 aliphatic rings. The summed E-state index contributed by atoms with van der Waals surface area (Å²) in [6, 6.07) is 6.35. The second kappa shape index (κ2) is 5.35. The highest BCUT2D eigenvalue weighted by atomic mass is 28.3. The Hall–Kier alpha value is -1.02. The van der Waals surface area contributed by atoms with Crippen molar-refractivity contribution in [1.82, 2.24) is 0 Å². The molecule has 87 valence electrons. The lowest BCUT2D eigenvalue weighted by molar-refractivity contribution is 0.242. The first-order valence-corrected chi connectivity index (χ1v) is 8.19. The Labute approximate surface area is 101 Å². The summed E-state index contributed by atoms with van der Waals surface area (Å²) in [5.74, 6) is 0.973. The zero-order valence-corrected chi connectivity index (χ0v) is 11.9. The molecule has 0 spiro atoms. The van der Waals surface area contributed by atoms with Crippen LogP contribution < -0.4 is 9.92 Å². The van der Waals surface area contributed by atoms with Gasteiger partial charge in [-0.05, 0) is 38.5 Å². The van der Waals surface area contributed by atoms with Crippen LogP contribution in [0.1, 0.15) is 26.3 Å². The van der Waals surface area contributed by atoms with Gasteiger partial charge in [0, 0.05) is 0 Å². The van der Waals surface area contributed by atoms with Gasteiger partial charge in [0.1, 0.15) is 5.75 Å². The summed E-state index contributed by atoms with van der Waals surface area (Å²) in [5, 5.41) is 1.41. The number of hydrogen-bond donors (Lipinski definition) is 0. The van der Waals surface area contributed by atoms with Crippen molar-refractivity contribution in [2.75, 3.05) is 0 Å². The third-order valence-electron chi connectivity index (χ3n) is 2.36. The van der Waals surface area contributed by atoms with Crippen molar-refractivity contribution in [3.05, 3.63) is 30.3 Å². The van der Waals surface area contributed by atoms with Crippen LogP contribution in [0.3, 0.4) is 0 Å². The van der Waals surface area contributed by atoms with E-state index in [1.165, 1.54) is 10.8 Å². The molecule has 1 radical (unpaired) electrons. The fraction of sp³-hybridized carbons (Fsp3) is 0.429. The van der Waals surface area contributed by atoms with Crippen LogP contribution >= 0.6 is 0 Å². The van der Waals surface area contributed by atoms with Gasteiger partial charge in [0.15, 0.2) is 0 Å². The van der Waals surface area contributed by atoms with Gasteiger partial charge in [-0.3, -0.25) is 0 Å². The molecule has 1 aromatic rings. The number of allylic oxidation sites excluding steroid dienone is 1. The second-order valence-electron chi connectivity index (χ2n) is 4.65. The molecule has 0 heterocycles. The Balaban J connectivity index is 3.12. The van der Waals surface area contributed by atoms with Crippen molar-refractivity contribution in [2.24, 2.45) is 0 Å². The highest BCUT2D eigenvalue weighted by Gasteiger charge is 2.10. The van der Waals surface area contributed by atoms with Crippen molar-refractivity contribution in [1.29, 1.82) is 0 Å². The van der Waals surface area contributed by atoms with E-state index < -0.39 is 8.80 Å². The predicted molar refractivity (Wildman–Crippen MR) is 74.0 cm³/mol. The molecule has 0 N–H and O–H groups in total. The minimum Gasteiger partial charge on any atom is -0.491 e. The third-order valence-corrected chi connectivity index (χ3v) is 3.85. The number of rotatable bonds is 4. The highest BCUT2D eigenvalue weighted by Crippen LogP contribution is 2.17. The lowest BCUT2D eigenvalue weighted by atomic mass is 10.1. The average Bonchev–Trinajstić information content (AvgIpc) is 2.16. The standard InChI is InChI=1S/C14H21OSi/c1-10(2)13-8-7-12(15-11(3)4)9-14(13)16(5)6/h7-9,11H,1H2,2-6H3. The first-order valence-electron chi connectivity index (χ1n) is 5.69. The van der Waals surface area contributed by atoms with Crippen molar-refractivity contribution >= 4 is 19.6 Å². The normalized spacial score (nSPS) is 10.9. The second-order valence-corrected chi connectivity index (χ2v) is 7.19. The fourth-order valence-corrected chi connectivity index (χ4v) is 2.92. The number of benzene rings is 1. The van der Waals surface area contributed by atoms with Gasteiger partial charge in [0.2, 0.25) is 0 Å². The fourth-order valence-electron chi connectivity index (χ4n) is 1.65. The molecule has 0 amide bonds. The van der Waals surface area contributed by atoms with Crippen LogP contribution in [0.4, 0.5) is 0 Å². The minimum atomic E-state index is -0.485. The molecule has 0 atom stereocenters. The van der Waals surface area contributed by atoms with Gasteiger partial charge in [-0.2, -0.15) is 0 Å². The molecule has 0 unspecified atom stereocenters. The molecule has 0 aliphatic heterocycles. The van der Waals surface area contributed by atoms with Gasteiger partial charge in [0.25, 0.3) is 0 Å². The first kappa shape index (κ1) is 13.0. The van der Waals surface area contributed by atoms with Crippen LogP contribution in [0.5, 0.6) is 5.75 Å². The van der Waals surface area contributed by atoms with Gasteiger partial charge in [0.05, 0.1) is 14.9 Å². The van der Waals surface area contributed by atoms with E-state index in [1.54, 1.807) is 0 Å². The Morgan fingerprint density at radius 1 is 1.31 bits per heavy atom. The van der Waals surface area contributed by atoms with Crippen LogP contribution in [-0.2, 0) is 0 Å².